The van der Waals surface area contributed by atoms with Crippen LogP contribution < -0.4 is 15.1 Å². The number of hydrogen-bond acceptors (Lipinski definition) is 4. The van der Waals surface area contributed by atoms with E-state index in [1.54, 1.807) is 17.0 Å². The first kappa shape index (κ1) is 26.9. The molecule has 1 saturated carbocycles. The van der Waals surface area contributed by atoms with Crippen LogP contribution in [-0.4, -0.2) is 29.5 Å². The lowest BCUT2D eigenvalue weighted by Crippen LogP contribution is -2.49. The predicted octanol–water partition coefficient (Wildman–Crippen LogP) is 5.30. The van der Waals surface area contributed by atoms with E-state index in [1.165, 1.54) is 36.1 Å². The first-order valence-corrected chi connectivity index (χ1v) is 11.7. The van der Waals surface area contributed by atoms with Crippen molar-refractivity contribution in [3.8, 4) is 0 Å². The molecule has 1 aromatic heterocycles. The maximum atomic E-state index is 13.7. The van der Waals surface area contributed by atoms with Crippen molar-refractivity contribution in [2.24, 2.45) is 0 Å². The normalized spacial score (nSPS) is 16.3. The van der Waals surface area contributed by atoms with Gasteiger partial charge in [0, 0.05) is 31.0 Å². The number of carbonyl (C=O) groups is 1. The van der Waals surface area contributed by atoms with Gasteiger partial charge < -0.3 is 15.1 Å². The van der Waals surface area contributed by atoms with Crippen LogP contribution >= 0.6 is 24.8 Å². The number of carbonyl (C=O) groups excluding carboxylic acids is 1. The van der Waals surface area contributed by atoms with E-state index in [9.17, 15) is 9.18 Å². The second-order valence-electron chi connectivity index (χ2n) is 8.85. The summed E-state index contributed by atoms with van der Waals surface area (Å²) in [5, 5.41) is 3.39. The van der Waals surface area contributed by atoms with Gasteiger partial charge in [-0.15, -0.1) is 24.8 Å². The molecule has 1 aliphatic carbocycles. The van der Waals surface area contributed by atoms with E-state index < -0.39 is 0 Å². The highest BCUT2D eigenvalue weighted by molar-refractivity contribution is 5.97. The third-order valence-electron chi connectivity index (χ3n) is 6.56. The molecule has 1 amide bonds. The third-order valence-corrected chi connectivity index (χ3v) is 6.56. The van der Waals surface area contributed by atoms with E-state index in [0.29, 0.717) is 31.2 Å². The van der Waals surface area contributed by atoms with Crippen LogP contribution in [0.4, 0.5) is 15.9 Å². The van der Waals surface area contributed by atoms with E-state index in [0.717, 1.165) is 17.9 Å². The molecule has 2 aliphatic rings. The molecule has 1 aliphatic heterocycles. The summed E-state index contributed by atoms with van der Waals surface area (Å²) in [5.41, 5.74) is 4.05. The maximum Gasteiger partial charge on any atom is 0.244 e. The molecular formula is C27H31Cl2FN4O. The molecule has 0 bridgehead atoms. The lowest BCUT2D eigenvalue weighted by atomic mass is 9.95. The highest BCUT2D eigenvalue weighted by Crippen LogP contribution is 2.30. The predicted molar refractivity (Wildman–Crippen MR) is 143 cm³/mol. The number of nitrogens with zero attached hydrogens (tertiary/aromatic N) is 3. The van der Waals surface area contributed by atoms with Gasteiger partial charge in [0.25, 0.3) is 0 Å². The molecular weight excluding hydrogens is 486 g/mol. The zero-order chi connectivity index (χ0) is 22.8. The van der Waals surface area contributed by atoms with Crippen molar-refractivity contribution in [3.05, 3.63) is 89.4 Å². The van der Waals surface area contributed by atoms with Crippen molar-refractivity contribution in [3.63, 3.8) is 0 Å². The smallest absolute Gasteiger partial charge is 0.244 e. The van der Waals surface area contributed by atoms with Gasteiger partial charge in [0.1, 0.15) is 11.6 Å². The molecule has 0 saturated heterocycles. The Morgan fingerprint density at radius 1 is 1.03 bits per heavy atom. The quantitative estimate of drug-likeness (QED) is 0.462. The van der Waals surface area contributed by atoms with Crippen LogP contribution in [0, 0.1) is 5.82 Å². The Labute approximate surface area is 218 Å². The number of anilines is 2. The van der Waals surface area contributed by atoms with Crippen LogP contribution in [0.1, 0.15) is 36.5 Å². The molecule has 3 aromatic rings. The summed E-state index contributed by atoms with van der Waals surface area (Å²) in [6, 6.07) is 18.7. The van der Waals surface area contributed by atoms with E-state index in [4.69, 9.17) is 0 Å². The van der Waals surface area contributed by atoms with Gasteiger partial charge >= 0.3 is 0 Å². The molecule has 2 heterocycles. The number of benzene rings is 2. The minimum absolute atomic E-state index is 0. The third kappa shape index (κ3) is 6.13. The molecule has 35 heavy (non-hydrogen) atoms. The summed E-state index contributed by atoms with van der Waals surface area (Å²) in [5.74, 6) is 0.643. The number of nitrogens with one attached hydrogen (secondary N) is 1. The molecule has 1 fully saturated rings. The van der Waals surface area contributed by atoms with Gasteiger partial charge in [0.2, 0.25) is 5.91 Å². The zero-order valence-electron chi connectivity index (χ0n) is 19.7. The van der Waals surface area contributed by atoms with Gasteiger partial charge in [-0.3, -0.25) is 4.79 Å². The number of rotatable bonds is 7. The van der Waals surface area contributed by atoms with Crippen LogP contribution in [0.3, 0.4) is 0 Å². The zero-order valence-corrected chi connectivity index (χ0v) is 21.3. The first-order valence-electron chi connectivity index (χ1n) is 11.7. The van der Waals surface area contributed by atoms with Crippen molar-refractivity contribution in [1.29, 1.82) is 0 Å². The van der Waals surface area contributed by atoms with E-state index in [1.807, 2.05) is 30.5 Å². The number of amides is 1. The molecule has 186 valence electrons. The summed E-state index contributed by atoms with van der Waals surface area (Å²) in [7, 11) is 0. The van der Waals surface area contributed by atoms with Gasteiger partial charge in [-0.2, -0.15) is 0 Å². The molecule has 1 unspecified atom stereocenters. The van der Waals surface area contributed by atoms with Crippen LogP contribution in [0.25, 0.3) is 0 Å². The van der Waals surface area contributed by atoms with Crippen LogP contribution in [0.15, 0.2) is 66.9 Å². The number of pyridine rings is 1. The Hall–Kier alpha value is -2.67. The summed E-state index contributed by atoms with van der Waals surface area (Å²) >= 11 is 0. The highest BCUT2D eigenvalue weighted by atomic mass is 35.5. The number of halogens is 3. The monoisotopic (exact) mass is 516 g/mol. The first-order chi connectivity index (χ1) is 16.1. The lowest BCUT2D eigenvalue weighted by Gasteiger charge is -2.31. The lowest BCUT2D eigenvalue weighted by molar-refractivity contribution is -0.120. The molecule has 8 heteroatoms. The van der Waals surface area contributed by atoms with Gasteiger partial charge in [0.05, 0.1) is 12.6 Å². The van der Waals surface area contributed by atoms with Gasteiger partial charge in [-0.1, -0.05) is 30.3 Å². The molecule has 2 aromatic carbocycles. The Bertz CT molecular complexity index is 1120. The highest BCUT2D eigenvalue weighted by Gasteiger charge is 2.30. The molecule has 1 atom stereocenters. The largest absolute Gasteiger partial charge is 0.354 e. The number of fused-ring (bicyclic) bond motifs is 1. The number of hydrogen-bond donors (Lipinski definition) is 1. The van der Waals surface area contributed by atoms with Crippen LogP contribution in [0.2, 0.25) is 0 Å². The summed E-state index contributed by atoms with van der Waals surface area (Å²) < 4.78 is 13.6. The second kappa shape index (κ2) is 11.8. The van der Waals surface area contributed by atoms with E-state index in [-0.39, 0.29) is 42.6 Å². The molecule has 5 rings (SSSR count). The van der Waals surface area contributed by atoms with Crippen LogP contribution in [0.5, 0.6) is 0 Å². The number of aromatic nitrogens is 1. The fourth-order valence-electron chi connectivity index (χ4n) is 4.59. The van der Waals surface area contributed by atoms with Gasteiger partial charge in [-0.25, -0.2) is 9.37 Å². The summed E-state index contributed by atoms with van der Waals surface area (Å²) in [4.78, 5) is 22.4. The van der Waals surface area contributed by atoms with Crippen molar-refractivity contribution in [2.75, 3.05) is 16.3 Å². The fraction of sp³-hybridized carbons (Fsp3) is 0.333. The van der Waals surface area contributed by atoms with Gasteiger partial charge in [-0.05, 0) is 73.2 Å². The van der Waals surface area contributed by atoms with Crippen molar-refractivity contribution in [2.45, 2.75) is 51.4 Å². The van der Waals surface area contributed by atoms with E-state index >= 15 is 0 Å². The molecule has 0 spiro atoms. The van der Waals surface area contributed by atoms with E-state index in [2.05, 4.69) is 34.3 Å². The summed E-state index contributed by atoms with van der Waals surface area (Å²) in [6.45, 7) is 4.13. The molecule has 5 nitrogen and oxygen atoms in total. The second-order valence-corrected chi connectivity index (χ2v) is 8.85. The average Bonchev–Trinajstić information content (AvgIpc) is 3.69. The maximum absolute atomic E-state index is 13.7. The Balaban J connectivity index is 0.00000171. The minimum Gasteiger partial charge on any atom is -0.354 e. The average molecular weight is 517 g/mol. The summed E-state index contributed by atoms with van der Waals surface area (Å²) in [6.07, 6.45) is 4.94. The minimum atomic E-state index is -0.331. The molecule has 0 radical (unpaired) electrons. The fourth-order valence-corrected chi connectivity index (χ4v) is 4.59. The van der Waals surface area contributed by atoms with Gasteiger partial charge in [0.15, 0.2) is 0 Å². The standard InChI is InChI=1S/C27H29FN4O.2ClH/c1-2-31(23-12-13-23)26-14-7-19(16-30-26)18-32(24-10-8-22(28)9-11-24)27(33)25-15-20-5-3-4-6-21(20)17-29-25;;/h3-11,14,16,23,25,29H,2,12-13,15,17-18H2,1H3;2*1H. The molecule has 1 N–H and O–H groups in total. The van der Waals surface area contributed by atoms with Crippen molar-refractivity contribution >= 4 is 42.2 Å². The SMILES string of the molecule is CCN(c1ccc(CN(C(=O)C2Cc3ccccc3CN2)c2ccc(F)cc2)cn1)C1CC1.Cl.Cl. The Kier molecular flexibility index (Phi) is 9.11. The van der Waals surface area contributed by atoms with Crippen molar-refractivity contribution in [1.82, 2.24) is 10.3 Å². The van der Waals surface area contributed by atoms with Crippen LogP contribution in [-0.2, 0) is 24.3 Å². The Morgan fingerprint density at radius 3 is 2.37 bits per heavy atom. The van der Waals surface area contributed by atoms with Crippen molar-refractivity contribution < 1.29 is 9.18 Å². The Morgan fingerprint density at radius 2 is 1.74 bits per heavy atom. The topological polar surface area (TPSA) is 48.5 Å².